The Kier molecular flexibility index (Phi) is 3.80. The Morgan fingerprint density at radius 2 is 2.14 bits per heavy atom. The number of nitriles is 1. The number of rotatable bonds is 3. The number of hydrogen-bond donors (Lipinski definition) is 1. The van der Waals surface area contributed by atoms with Crippen molar-refractivity contribution in [3.8, 4) is 6.07 Å². The van der Waals surface area contributed by atoms with Gasteiger partial charge in [0.2, 0.25) is 5.95 Å². The number of nitrogen functional groups attached to an aromatic ring is 1. The second-order valence-corrected chi connectivity index (χ2v) is 5.73. The van der Waals surface area contributed by atoms with E-state index in [0.717, 1.165) is 37.0 Å². The van der Waals surface area contributed by atoms with Gasteiger partial charge in [-0.15, -0.1) is 0 Å². The molecule has 1 aliphatic rings. The van der Waals surface area contributed by atoms with Crippen LogP contribution in [-0.4, -0.2) is 34.1 Å². The summed E-state index contributed by atoms with van der Waals surface area (Å²) < 4.78 is 2.12. The third kappa shape index (κ3) is 2.59. The third-order valence-corrected chi connectivity index (χ3v) is 4.31. The maximum Gasteiger partial charge on any atom is 0.201 e. The number of nitrogens with zero attached hydrogens (tertiary/aromatic N) is 4. The summed E-state index contributed by atoms with van der Waals surface area (Å²) in [5, 5.41) is 9.08. The van der Waals surface area contributed by atoms with Crippen LogP contribution < -0.4 is 5.73 Å². The molecule has 5 heteroatoms. The number of piperidine rings is 1. The van der Waals surface area contributed by atoms with E-state index >= 15 is 0 Å². The van der Waals surface area contributed by atoms with E-state index in [1.54, 1.807) is 6.07 Å². The number of aromatic nitrogens is 2. The van der Waals surface area contributed by atoms with Crippen molar-refractivity contribution in [3.05, 3.63) is 23.8 Å². The van der Waals surface area contributed by atoms with Gasteiger partial charge in [0.25, 0.3) is 0 Å². The molecule has 3 rings (SSSR count). The van der Waals surface area contributed by atoms with E-state index in [2.05, 4.69) is 27.4 Å². The Morgan fingerprint density at radius 1 is 1.38 bits per heavy atom. The first kappa shape index (κ1) is 13.9. The van der Waals surface area contributed by atoms with E-state index in [-0.39, 0.29) is 0 Å². The molecule has 0 spiro atoms. The quantitative estimate of drug-likeness (QED) is 0.939. The van der Waals surface area contributed by atoms with Crippen molar-refractivity contribution in [2.45, 2.75) is 32.2 Å². The molecule has 110 valence electrons. The summed E-state index contributed by atoms with van der Waals surface area (Å²) >= 11 is 0. The van der Waals surface area contributed by atoms with Gasteiger partial charge in [-0.2, -0.15) is 5.26 Å². The lowest BCUT2D eigenvalue weighted by molar-refractivity contribution is 0.189. The SMILES string of the molecule is CCCN1CCC(n2c(N)nc3ccc(C#N)cc32)CC1. The van der Waals surface area contributed by atoms with Crippen LogP contribution in [0.3, 0.4) is 0 Å². The topological polar surface area (TPSA) is 70.9 Å². The number of benzene rings is 1. The maximum absolute atomic E-state index is 9.08. The monoisotopic (exact) mass is 283 g/mol. The smallest absolute Gasteiger partial charge is 0.201 e. The highest BCUT2D eigenvalue weighted by molar-refractivity contribution is 5.80. The lowest BCUT2D eigenvalue weighted by atomic mass is 10.0. The number of anilines is 1. The minimum atomic E-state index is 0.386. The molecule has 21 heavy (non-hydrogen) atoms. The van der Waals surface area contributed by atoms with Crippen molar-refractivity contribution < 1.29 is 0 Å². The third-order valence-electron chi connectivity index (χ3n) is 4.31. The van der Waals surface area contributed by atoms with Crippen LogP contribution in [0.5, 0.6) is 0 Å². The van der Waals surface area contributed by atoms with E-state index in [1.807, 2.05) is 12.1 Å². The fourth-order valence-electron chi connectivity index (χ4n) is 3.28. The van der Waals surface area contributed by atoms with Crippen LogP contribution in [0.15, 0.2) is 18.2 Å². The Hall–Kier alpha value is -2.06. The molecule has 1 aliphatic heterocycles. The van der Waals surface area contributed by atoms with Crippen molar-refractivity contribution in [1.82, 2.24) is 14.5 Å². The second-order valence-electron chi connectivity index (χ2n) is 5.73. The number of hydrogen-bond acceptors (Lipinski definition) is 4. The first-order valence-corrected chi connectivity index (χ1v) is 7.63. The van der Waals surface area contributed by atoms with Crippen LogP contribution in [0.4, 0.5) is 5.95 Å². The molecular weight excluding hydrogens is 262 g/mol. The van der Waals surface area contributed by atoms with Gasteiger partial charge in [0, 0.05) is 19.1 Å². The normalized spacial score (nSPS) is 17.1. The zero-order valence-corrected chi connectivity index (χ0v) is 12.4. The molecule has 2 aromatic rings. The van der Waals surface area contributed by atoms with Crippen LogP contribution >= 0.6 is 0 Å². The van der Waals surface area contributed by atoms with Crippen LogP contribution in [0.2, 0.25) is 0 Å². The molecule has 0 aliphatic carbocycles. The molecule has 0 unspecified atom stereocenters. The Bertz CT molecular complexity index is 674. The van der Waals surface area contributed by atoms with Gasteiger partial charge in [-0.05, 0) is 44.0 Å². The fraction of sp³-hybridized carbons (Fsp3) is 0.500. The fourth-order valence-corrected chi connectivity index (χ4v) is 3.28. The molecule has 0 amide bonds. The minimum absolute atomic E-state index is 0.386. The summed E-state index contributed by atoms with van der Waals surface area (Å²) in [5.74, 6) is 0.564. The van der Waals surface area contributed by atoms with E-state index < -0.39 is 0 Å². The lowest BCUT2D eigenvalue weighted by Crippen LogP contribution is -2.35. The highest BCUT2D eigenvalue weighted by atomic mass is 15.2. The summed E-state index contributed by atoms with van der Waals surface area (Å²) in [6.07, 6.45) is 3.38. The number of imidazole rings is 1. The van der Waals surface area contributed by atoms with Gasteiger partial charge in [0.15, 0.2) is 0 Å². The van der Waals surface area contributed by atoms with Gasteiger partial charge in [0.05, 0.1) is 22.7 Å². The van der Waals surface area contributed by atoms with Crippen LogP contribution in [-0.2, 0) is 0 Å². The predicted molar refractivity (Wildman–Crippen MR) is 83.9 cm³/mol. The van der Waals surface area contributed by atoms with Gasteiger partial charge >= 0.3 is 0 Å². The molecule has 0 bridgehead atoms. The van der Waals surface area contributed by atoms with Gasteiger partial charge in [-0.1, -0.05) is 6.92 Å². The Labute approximate surface area is 125 Å². The van der Waals surface area contributed by atoms with Crippen molar-refractivity contribution in [2.75, 3.05) is 25.4 Å². The van der Waals surface area contributed by atoms with Crippen LogP contribution in [0, 0.1) is 11.3 Å². The average Bonchev–Trinajstić information content (AvgIpc) is 2.83. The molecule has 0 saturated carbocycles. The highest BCUT2D eigenvalue weighted by Crippen LogP contribution is 2.30. The molecule has 0 radical (unpaired) electrons. The number of nitrogens with two attached hydrogens (primary N) is 1. The largest absolute Gasteiger partial charge is 0.369 e. The van der Waals surface area contributed by atoms with E-state index in [0.29, 0.717) is 17.6 Å². The van der Waals surface area contributed by atoms with Crippen molar-refractivity contribution in [3.63, 3.8) is 0 Å². The molecule has 2 heterocycles. The first-order valence-electron chi connectivity index (χ1n) is 7.63. The minimum Gasteiger partial charge on any atom is -0.369 e. The van der Waals surface area contributed by atoms with Gasteiger partial charge in [0.1, 0.15) is 0 Å². The lowest BCUT2D eigenvalue weighted by Gasteiger charge is -2.33. The summed E-state index contributed by atoms with van der Waals surface area (Å²) in [6.45, 7) is 5.60. The first-order chi connectivity index (χ1) is 10.2. The number of fused-ring (bicyclic) bond motifs is 1. The molecule has 5 nitrogen and oxygen atoms in total. The second kappa shape index (κ2) is 5.74. The summed E-state index contributed by atoms with van der Waals surface area (Å²) in [4.78, 5) is 6.94. The van der Waals surface area contributed by atoms with Crippen LogP contribution in [0.25, 0.3) is 11.0 Å². The Balaban J connectivity index is 1.90. The van der Waals surface area contributed by atoms with Crippen molar-refractivity contribution in [1.29, 1.82) is 5.26 Å². The van der Waals surface area contributed by atoms with E-state index in [9.17, 15) is 0 Å². The van der Waals surface area contributed by atoms with Crippen molar-refractivity contribution in [2.24, 2.45) is 0 Å². The zero-order chi connectivity index (χ0) is 14.8. The average molecular weight is 283 g/mol. The number of likely N-dealkylation sites (tertiary alicyclic amines) is 1. The molecular formula is C16H21N5. The van der Waals surface area contributed by atoms with Gasteiger partial charge < -0.3 is 15.2 Å². The zero-order valence-electron chi connectivity index (χ0n) is 12.4. The van der Waals surface area contributed by atoms with Crippen molar-refractivity contribution >= 4 is 17.0 Å². The highest BCUT2D eigenvalue weighted by Gasteiger charge is 2.23. The van der Waals surface area contributed by atoms with Gasteiger partial charge in [-0.25, -0.2) is 4.98 Å². The molecule has 1 saturated heterocycles. The summed E-state index contributed by atoms with van der Waals surface area (Å²) in [6, 6.07) is 8.15. The predicted octanol–water partition coefficient (Wildman–Crippen LogP) is 2.54. The van der Waals surface area contributed by atoms with Gasteiger partial charge in [-0.3, -0.25) is 0 Å². The van der Waals surface area contributed by atoms with Crippen LogP contribution in [0.1, 0.15) is 37.8 Å². The molecule has 1 aromatic heterocycles. The molecule has 1 fully saturated rings. The van der Waals surface area contributed by atoms with E-state index in [1.165, 1.54) is 13.0 Å². The Morgan fingerprint density at radius 3 is 2.81 bits per heavy atom. The standard InChI is InChI=1S/C16H21N5/c1-2-7-20-8-5-13(6-9-20)21-15-10-12(11-17)3-4-14(15)19-16(21)18/h3-4,10,13H,2,5-9H2,1H3,(H2,18,19). The maximum atomic E-state index is 9.08. The summed E-state index contributed by atoms with van der Waals surface area (Å²) in [7, 11) is 0. The summed E-state index contributed by atoms with van der Waals surface area (Å²) in [5.41, 5.74) is 8.65. The molecule has 2 N–H and O–H groups in total. The molecule has 1 aromatic carbocycles. The molecule has 0 atom stereocenters. The van der Waals surface area contributed by atoms with E-state index in [4.69, 9.17) is 11.0 Å².